The molecule has 0 spiro atoms. The van der Waals surface area contributed by atoms with Crippen LogP contribution in [0.2, 0.25) is 0 Å². The van der Waals surface area contributed by atoms with E-state index >= 15 is 0 Å². The molecular formula is C12H16N2O2S. The molecule has 1 saturated carbocycles. The monoisotopic (exact) mass is 252 g/mol. The van der Waals surface area contributed by atoms with Crippen molar-refractivity contribution in [1.82, 2.24) is 4.98 Å². The summed E-state index contributed by atoms with van der Waals surface area (Å²) in [6.07, 6.45) is 6.60. The Kier molecular flexibility index (Phi) is 2.78. The molecule has 5 heteroatoms. The first-order valence-corrected chi connectivity index (χ1v) is 7.04. The summed E-state index contributed by atoms with van der Waals surface area (Å²) in [7, 11) is 0. The minimum absolute atomic E-state index is 0.375. The number of hydrogen-bond donors (Lipinski definition) is 2. The summed E-state index contributed by atoms with van der Waals surface area (Å²) in [4.78, 5) is 16.7. The van der Waals surface area contributed by atoms with E-state index in [-0.39, 0.29) is 5.92 Å². The average molecular weight is 252 g/mol. The van der Waals surface area contributed by atoms with E-state index in [2.05, 4.69) is 10.3 Å². The van der Waals surface area contributed by atoms with Gasteiger partial charge in [0.2, 0.25) is 0 Å². The number of aromatic nitrogens is 1. The third-order valence-corrected chi connectivity index (χ3v) is 4.76. The Morgan fingerprint density at radius 2 is 2.12 bits per heavy atom. The molecule has 3 rings (SSSR count). The van der Waals surface area contributed by atoms with Crippen molar-refractivity contribution >= 4 is 22.4 Å². The van der Waals surface area contributed by atoms with E-state index in [4.69, 9.17) is 5.11 Å². The maximum Gasteiger partial charge on any atom is 0.312 e. The van der Waals surface area contributed by atoms with Crippen molar-refractivity contribution in [1.29, 1.82) is 0 Å². The fourth-order valence-corrected chi connectivity index (χ4v) is 3.89. The van der Waals surface area contributed by atoms with Crippen LogP contribution in [-0.2, 0) is 11.2 Å². The van der Waals surface area contributed by atoms with Gasteiger partial charge in [-0.3, -0.25) is 4.79 Å². The molecule has 1 fully saturated rings. The van der Waals surface area contributed by atoms with Crippen LogP contribution in [0.5, 0.6) is 0 Å². The van der Waals surface area contributed by atoms with Gasteiger partial charge in [-0.2, -0.15) is 0 Å². The number of aliphatic carboxylic acids is 1. The van der Waals surface area contributed by atoms with E-state index in [1.54, 1.807) is 11.3 Å². The molecule has 0 aliphatic heterocycles. The fraction of sp³-hybridized carbons (Fsp3) is 0.667. The minimum Gasteiger partial charge on any atom is -0.481 e. The number of rotatable bonds is 3. The average Bonchev–Trinajstić information content (AvgIpc) is 2.92. The summed E-state index contributed by atoms with van der Waals surface area (Å²) >= 11 is 1.64. The SMILES string of the molecule is O=C(O)C1CCc2sc(NC3CCCC3)nc21. The summed E-state index contributed by atoms with van der Waals surface area (Å²) in [6, 6.07) is 0.546. The molecule has 0 amide bonds. The Labute approximate surface area is 104 Å². The zero-order valence-corrected chi connectivity index (χ0v) is 10.4. The van der Waals surface area contributed by atoms with Crippen LogP contribution >= 0.6 is 11.3 Å². The molecule has 0 radical (unpaired) electrons. The molecule has 2 aliphatic carbocycles. The Hall–Kier alpha value is -1.10. The normalized spacial score (nSPS) is 23.9. The third-order valence-electron chi connectivity index (χ3n) is 3.70. The lowest BCUT2D eigenvalue weighted by atomic mass is 10.1. The Morgan fingerprint density at radius 3 is 2.82 bits per heavy atom. The number of fused-ring (bicyclic) bond motifs is 1. The molecule has 1 heterocycles. The van der Waals surface area contributed by atoms with Gasteiger partial charge in [-0.1, -0.05) is 12.8 Å². The van der Waals surface area contributed by atoms with Crippen molar-refractivity contribution < 1.29 is 9.90 Å². The topological polar surface area (TPSA) is 62.2 Å². The predicted octanol–water partition coefficient (Wildman–Crippen LogP) is 2.61. The van der Waals surface area contributed by atoms with Gasteiger partial charge in [-0.05, 0) is 25.7 Å². The summed E-state index contributed by atoms with van der Waals surface area (Å²) in [5.41, 5.74) is 0.808. The van der Waals surface area contributed by atoms with E-state index in [1.165, 1.54) is 25.7 Å². The van der Waals surface area contributed by atoms with Crippen LogP contribution in [0, 0.1) is 0 Å². The second kappa shape index (κ2) is 4.29. The number of anilines is 1. The maximum absolute atomic E-state index is 11.1. The molecule has 1 unspecified atom stereocenters. The van der Waals surface area contributed by atoms with E-state index in [0.717, 1.165) is 22.1 Å². The smallest absolute Gasteiger partial charge is 0.312 e. The van der Waals surface area contributed by atoms with Crippen LogP contribution in [0.3, 0.4) is 0 Å². The molecule has 1 atom stereocenters. The van der Waals surface area contributed by atoms with E-state index < -0.39 is 5.97 Å². The van der Waals surface area contributed by atoms with Gasteiger partial charge >= 0.3 is 5.97 Å². The quantitative estimate of drug-likeness (QED) is 0.868. The molecule has 2 aliphatic rings. The Balaban J connectivity index is 1.76. The van der Waals surface area contributed by atoms with Crippen molar-refractivity contribution in [2.24, 2.45) is 0 Å². The van der Waals surface area contributed by atoms with Gasteiger partial charge in [-0.15, -0.1) is 11.3 Å². The third kappa shape index (κ3) is 2.04. The molecule has 1 aromatic heterocycles. The molecule has 2 N–H and O–H groups in total. The van der Waals surface area contributed by atoms with Crippen molar-refractivity contribution in [3.8, 4) is 0 Å². The van der Waals surface area contributed by atoms with Gasteiger partial charge in [0.05, 0.1) is 5.69 Å². The van der Waals surface area contributed by atoms with E-state index in [9.17, 15) is 4.79 Å². The molecule has 0 aromatic carbocycles. The lowest BCUT2D eigenvalue weighted by molar-refractivity contribution is -0.138. The fourth-order valence-electron chi connectivity index (χ4n) is 2.77. The highest BCUT2D eigenvalue weighted by atomic mass is 32.1. The zero-order chi connectivity index (χ0) is 11.8. The highest BCUT2D eigenvalue weighted by Gasteiger charge is 2.32. The van der Waals surface area contributed by atoms with Crippen molar-refractivity contribution in [2.45, 2.75) is 50.5 Å². The highest BCUT2D eigenvalue weighted by Crippen LogP contribution is 2.39. The number of aryl methyl sites for hydroxylation is 1. The van der Waals surface area contributed by atoms with E-state index in [0.29, 0.717) is 12.5 Å². The van der Waals surface area contributed by atoms with Gasteiger partial charge in [0.1, 0.15) is 5.92 Å². The van der Waals surface area contributed by atoms with Crippen LogP contribution in [0.1, 0.15) is 48.6 Å². The number of carbonyl (C=O) groups is 1. The first-order valence-electron chi connectivity index (χ1n) is 6.23. The van der Waals surface area contributed by atoms with Gasteiger partial charge in [-0.25, -0.2) is 4.98 Å². The number of nitrogens with one attached hydrogen (secondary N) is 1. The molecule has 92 valence electrons. The van der Waals surface area contributed by atoms with Crippen molar-refractivity contribution in [3.05, 3.63) is 10.6 Å². The van der Waals surface area contributed by atoms with Gasteiger partial charge in [0.15, 0.2) is 5.13 Å². The Morgan fingerprint density at radius 1 is 1.35 bits per heavy atom. The van der Waals surface area contributed by atoms with Crippen molar-refractivity contribution in [3.63, 3.8) is 0 Å². The first-order chi connectivity index (χ1) is 8.24. The number of carboxylic acid groups (broad SMARTS) is 1. The lowest BCUT2D eigenvalue weighted by Crippen LogP contribution is -2.15. The summed E-state index contributed by atoms with van der Waals surface area (Å²) < 4.78 is 0. The van der Waals surface area contributed by atoms with Gasteiger partial charge in [0.25, 0.3) is 0 Å². The number of thiazole rings is 1. The van der Waals surface area contributed by atoms with Crippen LogP contribution in [0.25, 0.3) is 0 Å². The summed E-state index contributed by atoms with van der Waals surface area (Å²) in [5, 5.41) is 13.5. The van der Waals surface area contributed by atoms with Crippen LogP contribution < -0.4 is 5.32 Å². The van der Waals surface area contributed by atoms with Crippen LogP contribution in [0.15, 0.2) is 0 Å². The van der Waals surface area contributed by atoms with Crippen molar-refractivity contribution in [2.75, 3.05) is 5.32 Å². The first kappa shape index (κ1) is 11.0. The molecule has 4 nitrogen and oxygen atoms in total. The molecule has 0 bridgehead atoms. The maximum atomic E-state index is 11.1. The molecular weight excluding hydrogens is 236 g/mol. The standard InChI is InChI=1S/C12H16N2O2S/c15-11(16)8-5-6-9-10(8)14-12(17-9)13-7-3-1-2-4-7/h7-8H,1-6H2,(H,13,14)(H,15,16). The summed E-state index contributed by atoms with van der Waals surface area (Å²) in [5.74, 6) is -1.11. The summed E-state index contributed by atoms with van der Waals surface area (Å²) in [6.45, 7) is 0. The number of carboxylic acids is 1. The molecule has 17 heavy (non-hydrogen) atoms. The van der Waals surface area contributed by atoms with Crippen LogP contribution in [0.4, 0.5) is 5.13 Å². The second-order valence-corrected chi connectivity index (χ2v) is 5.97. The van der Waals surface area contributed by atoms with Gasteiger partial charge in [0, 0.05) is 10.9 Å². The molecule has 0 saturated heterocycles. The van der Waals surface area contributed by atoms with Crippen LogP contribution in [-0.4, -0.2) is 22.1 Å². The zero-order valence-electron chi connectivity index (χ0n) is 9.61. The highest BCUT2D eigenvalue weighted by molar-refractivity contribution is 7.15. The van der Waals surface area contributed by atoms with Gasteiger partial charge < -0.3 is 10.4 Å². The second-order valence-electron chi connectivity index (χ2n) is 4.88. The number of nitrogens with zero attached hydrogens (tertiary/aromatic N) is 1. The Bertz CT molecular complexity index is 438. The number of hydrogen-bond acceptors (Lipinski definition) is 4. The molecule has 1 aromatic rings. The lowest BCUT2D eigenvalue weighted by Gasteiger charge is -2.10. The minimum atomic E-state index is -0.735. The van der Waals surface area contributed by atoms with E-state index in [1.807, 2.05) is 0 Å². The largest absolute Gasteiger partial charge is 0.481 e. The predicted molar refractivity (Wildman–Crippen MR) is 66.7 cm³/mol.